The van der Waals surface area contributed by atoms with Crippen LogP contribution < -0.4 is 5.32 Å². The SMILES string of the molecule is CSc1nc(-c2ccco2)nc(C)c1C(=O)OCC(=O)N(C)CC(=O)Nc1ccccc1Cl. The molecule has 1 N–H and O–H groups in total. The van der Waals surface area contributed by atoms with Gasteiger partial charge in [0.25, 0.3) is 5.91 Å². The summed E-state index contributed by atoms with van der Waals surface area (Å²) in [5.41, 5.74) is 1.00. The van der Waals surface area contributed by atoms with Gasteiger partial charge in [0.2, 0.25) is 5.91 Å². The topological polar surface area (TPSA) is 115 Å². The average molecular weight is 489 g/mol. The molecule has 0 saturated heterocycles. The average Bonchev–Trinajstić information content (AvgIpc) is 3.33. The van der Waals surface area contributed by atoms with Crippen molar-refractivity contribution >= 4 is 46.8 Å². The van der Waals surface area contributed by atoms with Crippen molar-refractivity contribution in [3.63, 3.8) is 0 Å². The molecule has 9 nitrogen and oxygen atoms in total. The Morgan fingerprint density at radius 1 is 1.18 bits per heavy atom. The van der Waals surface area contributed by atoms with Gasteiger partial charge in [-0.05, 0) is 37.4 Å². The summed E-state index contributed by atoms with van der Waals surface area (Å²) in [6, 6.07) is 10.2. The number of para-hydroxylation sites is 1. The largest absolute Gasteiger partial charge is 0.461 e. The molecular formula is C22H21ClN4O5S. The monoisotopic (exact) mass is 488 g/mol. The Hall–Kier alpha value is -3.37. The second-order valence-electron chi connectivity index (χ2n) is 6.85. The van der Waals surface area contributed by atoms with E-state index in [4.69, 9.17) is 20.8 Å². The van der Waals surface area contributed by atoms with Crippen molar-refractivity contribution in [2.75, 3.05) is 31.8 Å². The summed E-state index contributed by atoms with van der Waals surface area (Å²) in [6.45, 7) is 0.872. The van der Waals surface area contributed by atoms with E-state index < -0.39 is 24.4 Å². The minimum Gasteiger partial charge on any atom is -0.461 e. The van der Waals surface area contributed by atoms with Gasteiger partial charge in [0, 0.05) is 7.05 Å². The maximum atomic E-state index is 12.7. The van der Waals surface area contributed by atoms with Gasteiger partial charge in [-0.1, -0.05) is 23.7 Å². The number of rotatable bonds is 8. The van der Waals surface area contributed by atoms with Gasteiger partial charge in [0.05, 0.1) is 29.2 Å². The molecule has 0 fully saturated rings. The highest BCUT2D eigenvalue weighted by Gasteiger charge is 2.23. The van der Waals surface area contributed by atoms with Crippen LogP contribution in [0.15, 0.2) is 52.1 Å². The maximum absolute atomic E-state index is 12.7. The summed E-state index contributed by atoms with van der Waals surface area (Å²) in [7, 11) is 1.43. The lowest BCUT2D eigenvalue weighted by atomic mass is 10.2. The number of halogens is 1. The number of hydrogen-bond acceptors (Lipinski definition) is 8. The summed E-state index contributed by atoms with van der Waals surface area (Å²) >= 11 is 7.26. The van der Waals surface area contributed by atoms with E-state index in [2.05, 4.69) is 15.3 Å². The Kier molecular flexibility index (Phi) is 8.07. The normalized spacial score (nSPS) is 10.5. The van der Waals surface area contributed by atoms with E-state index >= 15 is 0 Å². The number of nitrogens with one attached hydrogen (secondary N) is 1. The van der Waals surface area contributed by atoms with E-state index in [0.29, 0.717) is 33.0 Å². The van der Waals surface area contributed by atoms with Crippen molar-refractivity contribution in [3.05, 3.63) is 58.9 Å². The third-order valence-electron chi connectivity index (χ3n) is 4.48. The molecule has 0 aliphatic rings. The lowest BCUT2D eigenvalue weighted by Crippen LogP contribution is -2.37. The van der Waals surface area contributed by atoms with Gasteiger partial charge >= 0.3 is 5.97 Å². The number of benzene rings is 1. The molecule has 33 heavy (non-hydrogen) atoms. The standard InChI is InChI=1S/C22H21ClN4O5S/c1-13-19(21(33-3)26-20(24-13)16-9-6-10-31-16)22(30)32-12-18(29)27(2)11-17(28)25-15-8-5-4-7-14(15)23/h4-10H,11-12H2,1-3H3,(H,25,28). The molecule has 0 spiro atoms. The Balaban J connectivity index is 1.60. The predicted molar refractivity (Wildman–Crippen MR) is 124 cm³/mol. The number of carbonyl (C=O) groups excluding carboxylic acids is 3. The molecule has 1 aromatic carbocycles. The molecule has 2 heterocycles. The summed E-state index contributed by atoms with van der Waals surface area (Å²) in [4.78, 5) is 47.1. The quantitative estimate of drug-likeness (QED) is 0.290. The molecule has 2 aromatic heterocycles. The third kappa shape index (κ3) is 6.11. The number of nitrogens with zero attached hydrogens (tertiary/aromatic N) is 3. The van der Waals surface area contributed by atoms with Crippen LogP contribution in [0.5, 0.6) is 0 Å². The summed E-state index contributed by atoms with van der Waals surface area (Å²) in [5, 5.41) is 3.41. The number of aromatic nitrogens is 2. The van der Waals surface area contributed by atoms with Crippen molar-refractivity contribution in [1.29, 1.82) is 0 Å². The van der Waals surface area contributed by atoms with Gasteiger partial charge in [0.15, 0.2) is 18.2 Å². The van der Waals surface area contributed by atoms with Gasteiger partial charge in [-0.2, -0.15) is 0 Å². The molecule has 0 radical (unpaired) electrons. The van der Waals surface area contributed by atoms with Crippen LogP contribution in [0.2, 0.25) is 5.02 Å². The lowest BCUT2D eigenvalue weighted by Gasteiger charge is -2.17. The van der Waals surface area contributed by atoms with E-state index in [0.717, 1.165) is 4.90 Å². The highest BCUT2D eigenvalue weighted by atomic mass is 35.5. The first kappa shape index (κ1) is 24.3. The molecule has 0 bridgehead atoms. The minimum atomic E-state index is -0.731. The minimum absolute atomic E-state index is 0.171. The molecule has 0 aliphatic heterocycles. The van der Waals surface area contributed by atoms with Crippen LogP contribution >= 0.6 is 23.4 Å². The van der Waals surface area contributed by atoms with E-state index in [-0.39, 0.29) is 12.1 Å². The second kappa shape index (κ2) is 11.0. The van der Waals surface area contributed by atoms with Crippen LogP contribution in [0.25, 0.3) is 11.6 Å². The van der Waals surface area contributed by atoms with Gasteiger partial charge in [-0.3, -0.25) is 9.59 Å². The molecule has 2 amide bonds. The first-order valence-corrected chi connectivity index (χ1v) is 11.3. The molecule has 0 saturated carbocycles. The molecule has 0 aliphatic carbocycles. The number of thioether (sulfide) groups is 1. The molecule has 0 unspecified atom stereocenters. The third-order valence-corrected chi connectivity index (χ3v) is 5.49. The number of amides is 2. The van der Waals surface area contributed by atoms with Crippen LogP contribution in [0.3, 0.4) is 0 Å². The zero-order valence-corrected chi connectivity index (χ0v) is 19.7. The zero-order valence-electron chi connectivity index (χ0n) is 18.1. The number of anilines is 1. The summed E-state index contributed by atoms with van der Waals surface area (Å²) < 4.78 is 10.5. The van der Waals surface area contributed by atoms with Gasteiger partial charge in [-0.15, -0.1) is 11.8 Å². The van der Waals surface area contributed by atoms with E-state index in [9.17, 15) is 14.4 Å². The highest BCUT2D eigenvalue weighted by molar-refractivity contribution is 7.98. The molecule has 11 heteroatoms. The zero-order chi connectivity index (χ0) is 24.0. The molecule has 172 valence electrons. The van der Waals surface area contributed by atoms with E-state index in [1.165, 1.54) is 25.1 Å². The van der Waals surface area contributed by atoms with Crippen LogP contribution in [-0.2, 0) is 14.3 Å². The van der Waals surface area contributed by atoms with Gasteiger partial charge in [-0.25, -0.2) is 14.8 Å². The van der Waals surface area contributed by atoms with Gasteiger partial charge < -0.3 is 19.4 Å². The first-order chi connectivity index (χ1) is 15.8. The van der Waals surface area contributed by atoms with E-state index in [1.807, 2.05) is 0 Å². The Labute approximate surface area is 199 Å². The van der Waals surface area contributed by atoms with Crippen molar-refractivity contribution in [1.82, 2.24) is 14.9 Å². The molecular weight excluding hydrogens is 468 g/mol. The number of carbonyl (C=O) groups is 3. The predicted octanol–water partition coefficient (Wildman–Crippen LogP) is 3.67. The second-order valence-corrected chi connectivity index (χ2v) is 8.05. The number of likely N-dealkylation sites (N-methyl/N-ethyl adjacent to an activating group) is 1. The highest BCUT2D eigenvalue weighted by Crippen LogP contribution is 2.25. The van der Waals surface area contributed by atoms with Crippen molar-refractivity contribution < 1.29 is 23.5 Å². The van der Waals surface area contributed by atoms with Crippen LogP contribution in [0.4, 0.5) is 5.69 Å². The van der Waals surface area contributed by atoms with Crippen molar-refractivity contribution in [3.8, 4) is 11.6 Å². The van der Waals surface area contributed by atoms with Crippen LogP contribution in [0, 0.1) is 6.92 Å². The molecule has 3 rings (SSSR count). The Morgan fingerprint density at radius 3 is 2.61 bits per heavy atom. The number of hydrogen-bond donors (Lipinski definition) is 1. The summed E-state index contributed by atoms with van der Waals surface area (Å²) in [6.07, 6.45) is 3.27. The number of aryl methyl sites for hydroxylation is 1. The maximum Gasteiger partial charge on any atom is 0.343 e. The van der Waals surface area contributed by atoms with Crippen molar-refractivity contribution in [2.24, 2.45) is 0 Å². The number of furan rings is 1. The Bertz CT molecular complexity index is 1170. The van der Waals surface area contributed by atoms with Crippen LogP contribution in [-0.4, -0.2) is 59.1 Å². The fraction of sp³-hybridized carbons (Fsp3) is 0.227. The summed E-state index contributed by atoms with van der Waals surface area (Å²) in [5.74, 6) is -0.897. The first-order valence-electron chi connectivity index (χ1n) is 9.72. The lowest BCUT2D eigenvalue weighted by molar-refractivity contribution is -0.136. The molecule has 0 atom stereocenters. The fourth-order valence-corrected chi connectivity index (χ4v) is 3.61. The fourth-order valence-electron chi connectivity index (χ4n) is 2.81. The smallest absolute Gasteiger partial charge is 0.343 e. The van der Waals surface area contributed by atoms with Gasteiger partial charge in [0.1, 0.15) is 10.6 Å². The molecule has 3 aromatic rings. The Morgan fingerprint density at radius 2 is 1.94 bits per heavy atom. The number of esters is 1. The van der Waals surface area contributed by atoms with Crippen molar-refractivity contribution in [2.45, 2.75) is 11.9 Å². The van der Waals surface area contributed by atoms with Crippen LogP contribution in [0.1, 0.15) is 16.1 Å². The van der Waals surface area contributed by atoms with E-state index in [1.54, 1.807) is 49.6 Å². The number of ether oxygens (including phenoxy) is 1.